The molecule has 0 aliphatic carbocycles. The Balaban J connectivity index is 3.46. The molecular formula is C6H14N4O. The Hall–Kier alpha value is -1.26. The molecule has 0 aliphatic rings. The van der Waals surface area contributed by atoms with Crippen LogP contribution in [-0.2, 0) is 4.79 Å². The number of carbonyl (C=O) groups is 1. The molecular weight excluding hydrogens is 144 g/mol. The molecule has 0 atom stereocenters. The Morgan fingerprint density at radius 1 is 1.55 bits per heavy atom. The Bertz CT molecular complexity index is 155. The third kappa shape index (κ3) is 5.20. The van der Waals surface area contributed by atoms with Gasteiger partial charge in [-0.1, -0.05) is 0 Å². The lowest BCUT2D eigenvalue weighted by molar-refractivity contribution is -0.119. The van der Waals surface area contributed by atoms with Crippen molar-refractivity contribution in [3.05, 3.63) is 0 Å². The Labute approximate surface area is 66.1 Å². The number of nitrogens with zero attached hydrogens (tertiary/aromatic N) is 1. The number of nitrogens with one attached hydrogen (secondary N) is 2. The van der Waals surface area contributed by atoms with Crippen molar-refractivity contribution in [2.45, 2.75) is 6.92 Å². The minimum Gasteiger partial charge on any atom is -0.370 e. The summed E-state index contributed by atoms with van der Waals surface area (Å²) in [5.41, 5.74) is 5.28. The largest absolute Gasteiger partial charge is 0.370 e. The van der Waals surface area contributed by atoms with E-state index in [0.29, 0.717) is 6.54 Å². The van der Waals surface area contributed by atoms with Crippen LogP contribution in [0.2, 0.25) is 0 Å². The highest BCUT2D eigenvalue weighted by atomic mass is 16.1. The summed E-state index contributed by atoms with van der Waals surface area (Å²) in [4.78, 5) is 14.4. The van der Waals surface area contributed by atoms with E-state index in [-0.39, 0.29) is 18.4 Å². The van der Waals surface area contributed by atoms with Gasteiger partial charge in [0.25, 0.3) is 0 Å². The number of nitrogens with two attached hydrogens (primary N) is 1. The molecule has 0 saturated carbocycles. The van der Waals surface area contributed by atoms with E-state index >= 15 is 0 Å². The van der Waals surface area contributed by atoms with Crippen molar-refractivity contribution < 1.29 is 4.79 Å². The van der Waals surface area contributed by atoms with Crippen LogP contribution in [0.25, 0.3) is 0 Å². The van der Waals surface area contributed by atoms with Crippen LogP contribution in [0.15, 0.2) is 4.99 Å². The fourth-order valence-corrected chi connectivity index (χ4v) is 0.510. The van der Waals surface area contributed by atoms with Crippen LogP contribution < -0.4 is 16.4 Å². The van der Waals surface area contributed by atoms with Crippen molar-refractivity contribution in [1.82, 2.24) is 10.6 Å². The van der Waals surface area contributed by atoms with Crippen LogP contribution in [0, 0.1) is 0 Å². The maximum absolute atomic E-state index is 10.8. The molecule has 0 fully saturated rings. The molecule has 0 rings (SSSR count). The van der Waals surface area contributed by atoms with E-state index in [1.165, 1.54) is 0 Å². The number of rotatable bonds is 3. The summed E-state index contributed by atoms with van der Waals surface area (Å²) in [6.45, 7) is 2.66. The van der Waals surface area contributed by atoms with Gasteiger partial charge in [0.2, 0.25) is 5.91 Å². The predicted octanol–water partition coefficient (Wildman–Crippen LogP) is -1.34. The lowest BCUT2D eigenvalue weighted by Crippen LogP contribution is -2.40. The molecule has 0 aliphatic heterocycles. The number of guanidine groups is 1. The number of hydrogen-bond donors (Lipinski definition) is 3. The van der Waals surface area contributed by atoms with E-state index in [4.69, 9.17) is 5.73 Å². The zero-order chi connectivity index (χ0) is 8.69. The summed E-state index contributed by atoms with van der Waals surface area (Å²) in [5.74, 6) is 0.190. The third-order valence-corrected chi connectivity index (χ3v) is 1.04. The summed E-state index contributed by atoms with van der Waals surface area (Å²) < 4.78 is 0. The first kappa shape index (κ1) is 9.74. The number of amides is 1. The van der Waals surface area contributed by atoms with E-state index in [0.717, 1.165) is 0 Å². The SMILES string of the molecule is CCNC(=O)CNC(N)=NC. The van der Waals surface area contributed by atoms with Gasteiger partial charge in [0.05, 0.1) is 6.54 Å². The summed E-state index contributed by atoms with van der Waals surface area (Å²) in [5, 5.41) is 5.25. The minimum absolute atomic E-state index is 0.0842. The highest BCUT2D eigenvalue weighted by Gasteiger charge is 1.97. The molecule has 0 aromatic carbocycles. The van der Waals surface area contributed by atoms with Gasteiger partial charge in [-0.05, 0) is 6.92 Å². The second-order valence-electron chi connectivity index (χ2n) is 1.92. The first-order valence-corrected chi connectivity index (χ1v) is 3.43. The first-order valence-electron chi connectivity index (χ1n) is 3.43. The van der Waals surface area contributed by atoms with E-state index in [2.05, 4.69) is 15.6 Å². The zero-order valence-electron chi connectivity index (χ0n) is 6.85. The normalized spacial score (nSPS) is 10.9. The Morgan fingerprint density at radius 3 is 2.64 bits per heavy atom. The van der Waals surface area contributed by atoms with Crippen LogP contribution >= 0.6 is 0 Å². The molecule has 0 heterocycles. The first-order chi connectivity index (χ1) is 5.20. The molecule has 4 N–H and O–H groups in total. The van der Waals surface area contributed by atoms with E-state index in [1.54, 1.807) is 7.05 Å². The lowest BCUT2D eigenvalue weighted by atomic mass is 10.5. The van der Waals surface area contributed by atoms with Crippen LogP contribution in [0.3, 0.4) is 0 Å². The molecule has 0 bridgehead atoms. The standard InChI is InChI=1S/C6H14N4O/c1-3-9-5(11)4-10-6(7)8-2/h3-4H2,1-2H3,(H,9,11)(H3,7,8,10). The van der Waals surface area contributed by atoms with Gasteiger partial charge in [-0.15, -0.1) is 0 Å². The number of aliphatic imine (C=N–C) groups is 1. The molecule has 0 aromatic heterocycles. The fourth-order valence-electron chi connectivity index (χ4n) is 0.510. The maximum Gasteiger partial charge on any atom is 0.239 e. The second-order valence-corrected chi connectivity index (χ2v) is 1.92. The molecule has 64 valence electrons. The Kier molecular flexibility index (Phi) is 4.89. The highest BCUT2D eigenvalue weighted by Crippen LogP contribution is 1.63. The summed E-state index contributed by atoms with van der Waals surface area (Å²) in [7, 11) is 1.56. The smallest absolute Gasteiger partial charge is 0.239 e. The van der Waals surface area contributed by atoms with Gasteiger partial charge in [0, 0.05) is 13.6 Å². The van der Waals surface area contributed by atoms with Crippen molar-refractivity contribution in [3.8, 4) is 0 Å². The van der Waals surface area contributed by atoms with Gasteiger partial charge in [0.15, 0.2) is 5.96 Å². The van der Waals surface area contributed by atoms with Crippen molar-refractivity contribution in [2.75, 3.05) is 20.1 Å². The third-order valence-electron chi connectivity index (χ3n) is 1.04. The maximum atomic E-state index is 10.8. The van der Waals surface area contributed by atoms with E-state index in [9.17, 15) is 4.79 Å². The van der Waals surface area contributed by atoms with Gasteiger partial charge >= 0.3 is 0 Å². The quantitative estimate of drug-likeness (QED) is 0.351. The van der Waals surface area contributed by atoms with Gasteiger partial charge in [-0.3, -0.25) is 9.79 Å². The highest BCUT2D eigenvalue weighted by molar-refractivity contribution is 5.85. The van der Waals surface area contributed by atoms with Crippen molar-refractivity contribution >= 4 is 11.9 Å². The van der Waals surface area contributed by atoms with Gasteiger partial charge < -0.3 is 16.4 Å². The average Bonchev–Trinajstić information content (AvgIpc) is 2.01. The molecule has 0 radical (unpaired) electrons. The average molecular weight is 158 g/mol. The molecule has 0 aromatic rings. The number of likely N-dealkylation sites (N-methyl/N-ethyl adjacent to an activating group) is 1. The summed E-state index contributed by atoms with van der Waals surface area (Å²) >= 11 is 0. The second kappa shape index (κ2) is 5.52. The topological polar surface area (TPSA) is 79.5 Å². The zero-order valence-corrected chi connectivity index (χ0v) is 6.85. The molecule has 11 heavy (non-hydrogen) atoms. The van der Waals surface area contributed by atoms with Crippen molar-refractivity contribution in [3.63, 3.8) is 0 Å². The lowest BCUT2D eigenvalue weighted by Gasteiger charge is -2.03. The molecule has 0 spiro atoms. The van der Waals surface area contributed by atoms with E-state index < -0.39 is 0 Å². The van der Waals surface area contributed by atoms with E-state index in [1.807, 2.05) is 6.92 Å². The minimum atomic E-state index is -0.0842. The monoisotopic (exact) mass is 158 g/mol. The van der Waals surface area contributed by atoms with Gasteiger partial charge in [0.1, 0.15) is 0 Å². The number of hydrogen-bond acceptors (Lipinski definition) is 2. The van der Waals surface area contributed by atoms with Crippen molar-refractivity contribution in [1.29, 1.82) is 0 Å². The van der Waals surface area contributed by atoms with Gasteiger partial charge in [-0.2, -0.15) is 0 Å². The molecule has 1 amide bonds. The predicted molar refractivity (Wildman–Crippen MR) is 44.2 cm³/mol. The fraction of sp³-hybridized carbons (Fsp3) is 0.667. The Morgan fingerprint density at radius 2 is 2.18 bits per heavy atom. The van der Waals surface area contributed by atoms with Crippen LogP contribution in [0.1, 0.15) is 6.92 Å². The number of carbonyl (C=O) groups excluding carboxylic acids is 1. The van der Waals surface area contributed by atoms with Gasteiger partial charge in [-0.25, -0.2) is 0 Å². The van der Waals surface area contributed by atoms with Crippen molar-refractivity contribution in [2.24, 2.45) is 10.7 Å². The summed E-state index contributed by atoms with van der Waals surface area (Å²) in [6.07, 6.45) is 0. The molecule has 5 heteroatoms. The van der Waals surface area contributed by atoms with Crippen LogP contribution in [-0.4, -0.2) is 32.0 Å². The molecule has 0 unspecified atom stereocenters. The van der Waals surface area contributed by atoms with Crippen LogP contribution in [0.4, 0.5) is 0 Å². The summed E-state index contributed by atoms with van der Waals surface area (Å²) in [6, 6.07) is 0. The molecule has 5 nitrogen and oxygen atoms in total. The van der Waals surface area contributed by atoms with Crippen LogP contribution in [0.5, 0.6) is 0 Å². The molecule has 0 saturated heterocycles.